The molecule has 2 amide bonds. The number of Topliss-reactive ketones (excluding diaryl/α,β-unsaturated/α-hetero) is 1. The number of rotatable bonds is 4. The van der Waals surface area contributed by atoms with Crippen molar-refractivity contribution in [2.75, 3.05) is 16.9 Å². The van der Waals surface area contributed by atoms with E-state index in [1.54, 1.807) is 36.0 Å². The third-order valence-corrected chi connectivity index (χ3v) is 3.64. The van der Waals surface area contributed by atoms with Crippen LogP contribution in [0.15, 0.2) is 53.4 Å². The van der Waals surface area contributed by atoms with Gasteiger partial charge >= 0.3 is 6.03 Å². The monoisotopic (exact) mass is 300 g/mol. The smallest absolute Gasteiger partial charge is 0.308 e. The second-order valence-electron chi connectivity index (χ2n) is 4.44. The summed E-state index contributed by atoms with van der Waals surface area (Å²) in [6.07, 6.45) is 2.00. The Labute approximate surface area is 127 Å². The van der Waals surface area contributed by atoms with Crippen molar-refractivity contribution in [3.63, 3.8) is 0 Å². The van der Waals surface area contributed by atoms with Crippen LogP contribution in [0.25, 0.3) is 0 Å². The molecule has 0 heterocycles. The van der Waals surface area contributed by atoms with E-state index >= 15 is 0 Å². The van der Waals surface area contributed by atoms with Gasteiger partial charge in [0.25, 0.3) is 0 Å². The van der Waals surface area contributed by atoms with E-state index in [9.17, 15) is 9.59 Å². The van der Waals surface area contributed by atoms with E-state index in [2.05, 4.69) is 10.6 Å². The molecule has 0 unspecified atom stereocenters. The number of anilines is 2. The SMILES string of the molecule is CSc1ccc(NC(=O)Nc2ccc(C(C)=O)cc2)cc1. The summed E-state index contributed by atoms with van der Waals surface area (Å²) in [7, 11) is 0. The highest BCUT2D eigenvalue weighted by molar-refractivity contribution is 7.98. The molecule has 0 fully saturated rings. The number of hydrogen-bond acceptors (Lipinski definition) is 3. The molecule has 2 aromatic rings. The van der Waals surface area contributed by atoms with Crippen molar-refractivity contribution in [3.05, 3.63) is 54.1 Å². The second-order valence-corrected chi connectivity index (χ2v) is 5.32. The lowest BCUT2D eigenvalue weighted by Crippen LogP contribution is -2.19. The molecule has 0 radical (unpaired) electrons. The Morgan fingerprint density at radius 3 is 1.76 bits per heavy atom. The number of ketones is 1. The molecule has 0 aromatic heterocycles. The molecular weight excluding hydrogens is 284 g/mol. The average molecular weight is 300 g/mol. The topological polar surface area (TPSA) is 58.2 Å². The van der Waals surface area contributed by atoms with Crippen molar-refractivity contribution in [2.45, 2.75) is 11.8 Å². The van der Waals surface area contributed by atoms with Crippen LogP contribution in [0, 0.1) is 0 Å². The molecule has 108 valence electrons. The van der Waals surface area contributed by atoms with E-state index in [-0.39, 0.29) is 11.8 Å². The van der Waals surface area contributed by atoms with Crippen molar-refractivity contribution >= 4 is 35.0 Å². The molecule has 2 N–H and O–H groups in total. The Morgan fingerprint density at radius 1 is 0.857 bits per heavy atom. The number of hydrogen-bond donors (Lipinski definition) is 2. The van der Waals surface area contributed by atoms with Gasteiger partial charge < -0.3 is 10.6 Å². The Hall–Kier alpha value is -2.27. The molecule has 0 atom stereocenters. The number of carbonyl (C=O) groups excluding carboxylic acids is 2. The fourth-order valence-corrected chi connectivity index (χ4v) is 2.16. The van der Waals surface area contributed by atoms with Crippen LogP contribution in [0.4, 0.5) is 16.2 Å². The quantitative estimate of drug-likeness (QED) is 0.655. The average Bonchev–Trinajstić information content (AvgIpc) is 2.48. The van der Waals surface area contributed by atoms with Crippen molar-refractivity contribution in [1.29, 1.82) is 0 Å². The first-order chi connectivity index (χ1) is 10.1. The van der Waals surface area contributed by atoms with Crippen molar-refractivity contribution < 1.29 is 9.59 Å². The van der Waals surface area contributed by atoms with E-state index in [1.807, 2.05) is 30.5 Å². The first-order valence-electron chi connectivity index (χ1n) is 6.41. The molecule has 2 aromatic carbocycles. The summed E-state index contributed by atoms with van der Waals surface area (Å²) in [4.78, 5) is 24.2. The first kappa shape index (κ1) is 15.1. The van der Waals surface area contributed by atoms with Crippen LogP contribution in [0.1, 0.15) is 17.3 Å². The van der Waals surface area contributed by atoms with Gasteiger partial charge in [0, 0.05) is 21.8 Å². The van der Waals surface area contributed by atoms with Crippen molar-refractivity contribution in [2.24, 2.45) is 0 Å². The van der Waals surface area contributed by atoms with Gasteiger partial charge in [-0.2, -0.15) is 0 Å². The molecule has 21 heavy (non-hydrogen) atoms. The minimum Gasteiger partial charge on any atom is -0.308 e. The maximum atomic E-state index is 11.9. The van der Waals surface area contributed by atoms with Crippen LogP contribution in [-0.2, 0) is 0 Å². The number of amides is 2. The molecule has 0 aliphatic carbocycles. The largest absolute Gasteiger partial charge is 0.323 e. The van der Waals surface area contributed by atoms with Crippen LogP contribution in [-0.4, -0.2) is 18.1 Å². The Kier molecular flexibility index (Phi) is 5.00. The molecule has 0 spiro atoms. The van der Waals surface area contributed by atoms with Gasteiger partial charge in [-0.05, 0) is 61.7 Å². The van der Waals surface area contributed by atoms with Crippen LogP contribution in [0.5, 0.6) is 0 Å². The predicted molar refractivity (Wildman–Crippen MR) is 87.3 cm³/mol. The van der Waals surface area contributed by atoms with Gasteiger partial charge in [0.15, 0.2) is 5.78 Å². The van der Waals surface area contributed by atoms with Crippen LogP contribution >= 0.6 is 11.8 Å². The molecule has 4 nitrogen and oxygen atoms in total. The van der Waals surface area contributed by atoms with E-state index in [0.717, 1.165) is 10.6 Å². The van der Waals surface area contributed by atoms with Crippen LogP contribution < -0.4 is 10.6 Å². The minimum absolute atomic E-state index is 0.000106. The molecule has 0 bridgehead atoms. The Morgan fingerprint density at radius 2 is 1.33 bits per heavy atom. The van der Waals surface area contributed by atoms with Crippen LogP contribution in [0.3, 0.4) is 0 Å². The van der Waals surface area contributed by atoms with E-state index in [1.165, 1.54) is 6.92 Å². The summed E-state index contributed by atoms with van der Waals surface area (Å²) >= 11 is 1.65. The van der Waals surface area contributed by atoms with Crippen molar-refractivity contribution in [1.82, 2.24) is 0 Å². The first-order valence-corrected chi connectivity index (χ1v) is 7.64. The molecule has 0 aliphatic rings. The predicted octanol–water partition coefficient (Wildman–Crippen LogP) is 4.26. The van der Waals surface area contributed by atoms with E-state index in [0.29, 0.717) is 11.3 Å². The summed E-state index contributed by atoms with van der Waals surface area (Å²) in [5, 5.41) is 5.47. The summed E-state index contributed by atoms with van der Waals surface area (Å²) in [6.45, 7) is 1.51. The van der Waals surface area contributed by atoms with Gasteiger partial charge in [-0.3, -0.25) is 4.79 Å². The molecular formula is C16H16N2O2S. The van der Waals surface area contributed by atoms with Gasteiger partial charge in [0.2, 0.25) is 0 Å². The van der Waals surface area contributed by atoms with E-state index < -0.39 is 0 Å². The molecule has 0 saturated heterocycles. The number of thioether (sulfide) groups is 1. The Balaban J connectivity index is 1.95. The van der Waals surface area contributed by atoms with Gasteiger partial charge in [0.1, 0.15) is 0 Å². The summed E-state index contributed by atoms with van der Waals surface area (Å²) < 4.78 is 0. The normalized spacial score (nSPS) is 10.0. The molecule has 5 heteroatoms. The zero-order chi connectivity index (χ0) is 15.2. The summed E-state index contributed by atoms with van der Waals surface area (Å²) in [5.74, 6) is -0.000106. The highest BCUT2D eigenvalue weighted by atomic mass is 32.2. The fraction of sp³-hybridized carbons (Fsp3) is 0.125. The lowest BCUT2D eigenvalue weighted by molar-refractivity contribution is 0.101. The second kappa shape index (κ2) is 6.95. The number of benzene rings is 2. The zero-order valence-corrected chi connectivity index (χ0v) is 12.7. The lowest BCUT2D eigenvalue weighted by atomic mass is 10.1. The summed E-state index contributed by atoms with van der Waals surface area (Å²) in [5.41, 5.74) is 1.98. The fourth-order valence-electron chi connectivity index (χ4n) is 1.76. The highest BCUT2D eigenvalue weighted by Crippen LogP contribution is 2.18. The molecule has 0 aliphatic heterocycles. The highest BCUT2D eigenvalue weighted by Gasteiger charge is 2.04. The van der Waals surface area contributed by atoms with Gasteiger partial charge in [0.05, 0.1) is 0 Å². The van der Waals surface area contributed by atoms with Gasteiger partial charge in [-0.25, -0.2) is 4.79 Å². The maximum Gasteiger partial charge on any atom is 0.323 e. The lowest BCUT2D eigenvalue weighted by Gasteiger charge is -2.08. The Bertz CT molecular complexity index is 636. The van der Waals surface area contributed by atoms with E-state index in [4.69, 9.17) is 0 Å². The van der Waals surface area contributed by atoms with Gasteiger partial charge in [-0.1, -0.05) is 0 Å². The van der Waals surface area contributed by atoms with Gasteiger partial charge in [-0.15, -0.1) is 11.8 Å². The number of nitrogens with one attached hydrogen (secondary N) is 2. The third kappa shape index (κ3) is 4.36. The molecule has 2 rings (SSSR count). The maximum absolute atomic E-state index is 11.9. The van der Waals surface area contributed by atoms with Crippen molar-refractivity contribution in [3.8, 4) is 0 Å². The number of carbonyl (C=O) groups is 2. The number of urea groups is 1. The third-order valence-electron chi connectivity index (χ3n) is 2.90. The van der Waals surface area contributed by atoms with Crippen LogP contribution in [0.2, 0.25) is 0 Å². The minimum atomic E-state index is -0.317. The standard InChI is InChI=1S/C16H16N2O2S/c1-11(19)12-3-5-13(6-4-12)17-16(20)18-14-7-9-15(21-2)10-8-14/h3-10H,1-2H3,(H2,17,18,20). The summed E-state index contributed by atoms with van der Waals surface area (Å²) in [6, 6.07) is 14.1. The molecule has 0 saturated carbocycles. The zero-order valence-electron chi connectivity index (χ0n) is 11.8.